The van der Waals surface area contributed by atoms with E-state index in [1.807, 2.05) is 62.5 Å². The van der Waals surface area contributed by atoms with Gasteiger partial charge in [0.1, 0.15) is 11.6 Å². The number of para-hydroxylation sites is 1. The lowest BCUT2D eigenvalue weighted by atomic mass is 10.1. The first-order valence-corrected chi connectivity index (χ1v) is 8.29. The smallest absolute Gasteiger partial charge is 0.143 e. The van der Waals surface area contributed by atoms with Crippen LogP contribution in [0.2, 0.25) is 0 Å². The molecule has 1 heterocycles. The minimum Gasteiger partial charge on any atom is -0.497 e. The van der Waals surface area contributed by atoms with Crippen molar-refractivity contribution in [2.45, 2.75) is 19.5 Å². The summed E-state index contributed by atoms with van der Waals surface area (Å²) >= 11 is 0. The van der Waals surface area contributed by atoms with Gasteiger partial charge in [-0.05, 0) is 37.7 Å². The van der Waals surface area contributed by atoms with Crippen LogP contribution in [0.5, 0.6) is 5.75 Å². The van der Waals surface area contributed by atoms with Gasteiger partial charge in [0.2, 0.25) is 0 Å². The van der Waals surface area contributed by atoms with Gasteiger partial charge in [-0.25, -0.2) is 9.97 Å². The number of methoxy groups -OCH3 is 1. The molecular weight excluding hydrogens is 314 g/mol. The Morgan fingerprint density at radius 3 is 2.48 bits per heavy atom. The number of hydrogen-bond acceptors (Lipinski definition) is 5. The molecule has 0 aliphatic carbocycles. The number of aliphatic hydroxyl groups excluding tert-OH is 1. The van der Waals surface area contributed by atoms with E-state index in [4.69, 9.17) is 4.74 Å². The van der Waals surface area contributed by atoms with Crippen LogP contribution in [0.1, 0.15) is 23.1 Å². The Bertz CT molecular complexity index is 849. The van der Waals surface area contributed by atoms with Crippen molar-refractivity contribution in [3.63, 3.8) is 0 Å². The molecule has 1 N–H and O–H groups in total. The summed E-state index contributed by atoms with van der Waals surface area (Å²) in [6.45, 7) is 2.58. The number of aryl methyl sites for hydroxylation is 1. The zero-order valence-corrected chi connectivity index (χ0v) is 14.8. The summed E-state index contributed by atoms with van der Waals surface area (Å²) in [5.41, 5.74) is 2.95. The molecule has 0 bridgehead atoms. The summed E-state index contributed by atoms with van der Waals surface area (Å²) in [4.78, 5) is 11.3. The molecule has 0 aliphatic rings. The molecule has 1 aromatic heterocycles. The van der Waals surface area contributed by atoms with E-state index in [0.717, 1.165) is 33.7 Å². The second-order valence-electron chi connectivity index (χ2n) is 6.13. The molecule has 3 rings (SSSR count). The van der Waals surface area contributed by atoms with Gasteiger partial charge in [-0.15, -0.1) is 0 Å². The van der Waals surface area contributed by atoms with Crippen LogP contribution in [-0.4, -0.2) is 40.7 Å². The first-order valence-electron chi connectivity index (χ1n) is 8.29. The van der Waals surface area contributed by atoms with E-state index >= 15 is 0 Å². The van der Waals surface area contributed by atoms with Crippen LogP contribution in [0, 0.1) is 6.92 Å². The van der Waals surface area contributed by atoms with Crippen LogP contribution >= 0.6 is 0 Å². The van der Waals surface area contributed by atoms with Crippen LogP contribution in [0.3, 0.4) is 0 Å². The topological polar surface area (TPSA) is 58.5 Å². The predicted molar refractivity (Wildman–Crippen MR) is 98.6 cm³/mol. The normalized spacial score (nSPS) is 12.5. The quantitative estimate of drug-likeness (QED) is 0.749. The Labute approximate surface area is 147 Å². The van der Waals surface area contributed by atoms with Gasteiger partial charge in [0.05, 0.1) is 31.8 Å². The number of likely N-dealkylation sites (N-methyl/N-ethyl adjacent to an activating group) is 1. The summed E-state index contributed by atoms with van der Waals surface area (Å²) in [5, 5.41) is 10.9. The highest BCUT2D eigenvalue weighted by Gasteiger charge is 2.18. The lowest BCUT2D eigenvalue weighted by Crippen LogP contribution is -2.28. The molecule has 0 radical (unpaired) electrons. The second-order valence-corrected chi connectivity index (χ2v) is 6.13. The third-order valence-corrected chi connectivity index (χ3v) is 4.44. The SMILES string of the molecule is COc1ccc(C(CO)N(C)Cc2nc(C)c3ccccc3n2)cc1. The minimum atomic E-state index is -0.124. The summed E-state index contributed by atoms with van der Waals surface area (Å²) in [5.74, 6) is 1.56. The third-order valence-electron chi connectivity index (χ3n) is 4.44. The highest BCUT2D eigenvalue weighted by molar-refractivity contribution is 5.80. The molecule has 2 aromatic carbocycles. The number of hydrogen-bond donors (Lipinski definition) is 1. The van der Waals surface area contributed by atoms with Crippen molar-refractivity contribution in [3.05, 3.63) is 65.6 Å². The number of ether oxygens (including phenoxy) is 1. The van der Waals surface area contributed by atoms with E-state index in [1.54, 1.807) is 7.11 Å². The molecular formula is C20H23N3O2. The van der Waals surface area contributed by atoms with Crippen molar-refractivity contribution in [1.82, 2.24) is 14.9 Å². The van der Waals surface area contributed by atoms with Gasteiger partial charge in [-0.1, -0.05) is 30.3 Å². The van der Waals surface area contributed by atoms with Crippen molar-refractivity contribution in [2.75, 3.05) is 20.8 Å². The first-order chi connectivity index (χ1) is 12.1. The average Bonchev–Trinajstić information content (AvgIpc) is 2.63. The maximum Gasteiger partial charge on any atom is 0.143 e. The maximum atomic E-state index is 9.87. The Balaban J connectivity index is 1.82. The molecule has 0 saturated carbocycles. The Morgan fingerprint density at radius 1 is 1.08 bits per heavy atom. The van der Waals surface area contributed by atoms with Gasteiger partial charge < -0.3 is 9.84 Å². The minimum absolute atomic E-state index is 0.0232. The van der Waals surface area contributed by atoms with E-state index in [1.165, 1.54) is 0 Å². The molecule has 0 amide bonds. The number of nitrogens with zero attached hydrogens (tertiary/aromatic N) is 3. The lowest BCUT2D eigenvalue weighted by molar-refractivity contribution is 0.140. The highest BCUT2D eigenvalue weighted by Crippen LogP contribution is 2.23. The van der Waals surface area contributed by atoms with Crippen LogP contribution < -0.4 is 4.74 Å². The first kappa shape index (κ1) is 17.3. The van der Waals surface area contributed by atoms with Crippen LogP contribution in [0.4, 0.5) is 0 Å². The molecule has 3 aromatic rings. The van der Waals surface area contributed by atoms with E-state index in [-0.39, 0.29) is 12.6 Å². The molecule has 0 fully saturated rings. The fourth-order valence-corrected chi connectivity index (χ4v) is 3.02. The average molecular weight is 337 g/mol. The van der Waals surface area contributed by atoms with Crippen molar-refractivity contribution in [1.29, 1.82) is 0 Å². The fraction of sp³-hybridized carbons (Fsp3) is 0.300. The van der Waals surface area contributed by atoms with Crippen LogP contribution in [0.25, 0.3) is 10.9 Å². The third kappa shape index (κ3) is 3.78. The molecule has 0 spiro atoms. The zero-order chi connectivity index (χ0) is 17.8. The molecule has 5 nitrogen and oxygen atoms in total. The van der Waals surface area contributed by atoms with Gasteiger partial charge >= 0.3 is 0 Å². The van der Waals surface area contributed by atoms with Gasteiger partial charge in [0, 0.05) is 11.1 Å². The van der Waals surface area contributed by atoms with Crippen molar-refractivity contribution >= 4 is 10.9 Å². The van der Waals surface area contributed by atoms with Gasteiger partial charge in [-0.3, -0.25) is 4.90 Å². The molecule has 0 saturated heterocycles. The fourth-order valence-electron chi connectivity index (χ4n) is 3.02. The summed E-state index contributed by atoms with van der Waals surface area (Å²) in [7, 11) is 3.61. The second kappa shape index (κ2) is 7.59. The lowest BCUT2D eigenvalue weighted by Gasteiger charge is -2.26. The van der Waals surface area contributed by atoms with Crippen molar-refractivity contribution in [3.8, 4) is 5.75 Å². The predicted octanol–water partition coefficient (Wildman–Crippen LogP) is 3.11. The largest absolute Gasteiger partial charge is 0.497 e. The van der Waals surface area contributed by atoms with Gasteiger partial charge in [0.25, 0.3) is 0 Å². The Hall–Kier alpha value is -2.50. The van der Waals surface area contributed by atoms with E-state index in [2.05, 4.69) is 14.9 Å². The molecule has 0 aliphatic heterocycles. The summed E-state index contributed by atoms with van der Waals surface area (Å²) in [6, 6.07) is 15.6. The van der Waals surface area contributed by atoms with Crippen LogP contribution in [0.15, 0.2) is 48.5 Å². The van der Waals surface area contributed by atoms with E-state index in [0.29, 0.717) is 6.54 Å². The molecule has 1 atom stereocenters. The van der Waals surface area contributed by atoms with E-state index < -0.39 is 0 Å². The number of fused-ring (bicyclic) bond motifs is 1. The molecule has 130 valence electrons. The molecule has 25 heavy (non-hydrogen) atoms. The van der Waals surface area contributed by atoms with E-state index in [9.17, 15) is 5.11 Å². The Kier molecular flexibility index (Phi) is 5.26. The molecule has 5 heteroatoms. The Morgan fingerprint density at radius 2 is 1.80 bits per heavy atom. The van der Waals surface area contributed by atoms with Gasteiger partial charge in [0.15, 0.2) is 0 Å². The number of rotatable bonds is 6. The standard InChI is InChI=1S/C20H23N3O2/c1-14-17-6-4-5-7-18(17)22-20(21-14)12-23(2)19(13-24)15-8-10-16(25-3)11-9-15/h4-11,19,24H,12-13H2,1-3H3. The van der Waals surface area contributed by atoms with Crippen molar-refractivity contribution < 1.29 is 9.84 Å². The zero-order valence-electron chi connectivity index (χ0n) is 14.8. The van der Waals surface area contributed by atoms with Crippen LogP contribution in [-0.2, 0) is 6.54 Å². The summed E-state index contributed by atoms with van der Waals surface area (Å²) < 4.78 is 5.20. The number of benzene rings is 2. The number of aliphatic hydroxyl groups is 1. The maximum absolute atomic E-state index is 9.87. The monoisotopic (exact) mass is 337 g/mol. The summed E-state index contributed by atoms with van der Waals surface area (Å²) in [6.07, 6.45) is 0. The number of aromatic nitrogens is 2. The van der Waals surface area contributed by atoms with Crippen molar-refractivity contribution in [2.24, 2.45) is 0 Å². The molecule has 1 unspecified atom stereocenters. The highest BCUT2D eigenvalue weighted by atomic mass is 16.5. The van der Waals surface area contributed by atoms with Gasteiger partial charge in [-0.2, -0.15) is 0 Å².